The van der Waals surface area contributed by atoms with Gasteiger partial charge in [-0.1, -0.05) is 12.2 Å². The van der Waals surface area contributed by atoms with E-state index in [4.69, 9.17) is 0 Å². The normalized spacial score (nSPS) is 15.9. The zero-order valence-electron chi connectivity index (χ0n) is 7.56. The highest BCUT2D eigenvalue weighted by molar-refractivity contribution is 5.12. The van der Waals surface area contributed by atoms with Crippen LogP contribution in [0.4, 0.5) is 39.5 Å². The number of hydrogen-bond acceptors (Lipinski definition) is 0. The van der Waals surface area contributed by atoms with Gasteiger partial charge in [0, 0.05) is 0 Å². The highest BCUT2D eigenvalue weighted by atomic mass is 19.4. The van der Waals surface area contributed by atoms with E-state index in [-0.39, 0.29) is 6.08 Å². The van der Waals surface area contributed by atoms with Crippen LogP contribution in [0.15, 0.2) is 12.2 Å². The maximum atomic E-state index is 12.1. The summed E-state index contributed by atoms with van der Waals surface area (Å²) in [4.78, 5) is 0. The smallest absolute Gasteiger partial charge is 0.169 e. The molecule has 0 N–H and O–H groups in total. The molecule has 0 radical (unpaired) electrons. The van der Waals surface area contributed by atoms with E-state index in [1.165, 1.54) is 0 Å². The molecule has 0 saturated heterocycles. The van der Waals surface area contributed by atoms with E-state index in [1.54, 1.807) is 0 Å². The lowest BCUT2D eigenvalue weighted by atomic mass is 9.85. The Morgan fingerprint density at radius 1 is 0.625 bits per heavy atom. The van der Waals surface area contributed by atoms with Crippen LogP contribution in [0.5, 0.6) is 0 Å². The standard InChI is InChI=1S/C7H5F9/c1-2-3-4(5(8,9)10,6(11,12)13)7(14,15)16/h2-3H,1H3/b3-2+. The highest BCUT2D eigenvalue weighted by Gasteiger charge is 2.82. The molecule has 0 rings (SSSR count). The van der Waals surface area contributed by atoms with E-state index in [9.17, 15) is 39.5 Å². The van der Waals surface area contributed by atoms with E-state index in [0.29, 0.717) is 6.92 Å². The van der Waals surface area contributed by atoms with Crippen molar-refractivity contribution in [2.45, 2.75) is 25.5 Å². The number of allylic oxidation sites excluding steroid dienone is 2. The quantitative estimate of drug-likeness (QED) is 0.488. The Balaban J connectivity index is 6.04. The lowest BCUT2D eigenvalue weighted by Crippen LogP contribution is -2.58. The molecule has 0 aromatic heterocycles. The molecular formula is C7H5F9. The molecule has 16 heavy (non-hydrogen) atoms. The van der Waals surface area contributed by atoms with Crippen LogP contribution in [-0.2, 0) is 0 Å². The molecule has 0 saturated carbocycles. The minimum Gasteiger partial charge on any atom is -0.169 e. The summed E-state index contributed by atoms with van der Waals surface area (Å²) in [5.41, 5.74) is -5.82. The predicted octanol–water partition coefficient (Wildman–Crippen LogP) is 4.24. The van der Waals surface area contributed by atoms with Crippen LogP contribution in [-0.4, -0.2) is 18.5 Å². The average molecular weight is 260 g/mol. The van der Waals surface area contributed by atoms with Gasteiger partial charge in [0.25, 0.3) is 5.41 Å². The lowest BCUT2D eigenvalue weighted by molar-refractivity contribution is -0.406. The average Bonchev–Trinajstić information content (AvgIpc) is 1.91. The topological polar surface area (TPSA) is 0 Å². The molecule has 0 bridgehead atoms. The summed E-state index contributed by atoms with van der Waals surface area (Å²) in [6.07, 6.45) is -20.4. The van der Waals surface area contributed by atoms with Gasteiger partial charge in [-0.25, -0.2) is 0 Å². The minimum atomic E-state index is -6.50. The Morgan fingerprint density at radius 3 is 0.938 bits per heavy atom. The van der Waals surface area contributed by atoms with Crippen molar-refractivity contribution in [3.05, 3.63) is 12.2 Å². The van der Waals surface area contributed by atoms with Gasteiger partial charge >= 0.3 is 18.5 Å². The molecule has 0 aliphatic heterocycles. The van der Waals surface area contributed by atoms with E-state index >= 15 is 0 Å². The fraction of sp³-hybridized carbons (Fsp3) is 0.714. The third-order valence-electron chi connectivity index (χ3n) is 1.76. The van der Waals surface area contributed by atoms with Crippen molar-refractivity contribution in [3.8, 4) is 0 Å². The van der Waals surface area contributed by atoms with Gasteiger partial charge in [-0.15, -0.1) is 0 Å². The third kappa shape index (κ3) is 2.12. The Labute approximate surface area is 83.7 Å². The summed E-state index contributed by atoms with van der Waals surface area (Å²) >= 11 is 0. The van der Waals surface area contributed by atoms with Gasteiger partial charge in [-0.3, -0.25) is 0 Å². The summed E-state index contributed by atoms with van der Waals surface area (Å²) in [6.45, 7) is 0.637. The molecule has 96 valence electrons. The van der Waals surface area contributed by atoms with Crippen LogP contribution in [0.1, 0.15) is 6.92 Å². The zero-order valence-corrected chi connectivity index (χ0v) is 7.56. The molecule has 0 heterocycles. The maximum absolute atomic E-state index is 12.1. The number of rotatable bonds is 1. The summed E-state index contributed by atoms with van der Waals surface area (Å²) in [5, 5.41) is 0. The van der Waals surface area contributed by atoms with E-state index in [1.807, 2.05) is 0 Å². The lowest BCUT2D eigenvalue weighted by Gasteiger charge is -2.36. The zero-order chi connectivity index (χ0) is 13.4. The Hall–Kier alpha value is -0.890. The Bertz CT molecular complexity index is 227. The van der Waals surface area contributed by atoms with Gasteiger partial charge in [0.05, 0.1) is 0 Å². The first-order chi connectivity index (χ1) is 6.81. The van der Waals surface area contributed by atoms with Crippen LogP contribution < -0.4 is 0 Å². The monoisotopic (exact) mass is 260 g/mol. The van der Waals surface area contributed by atoms with Crippen molar-refractivity contribution in [2.75, 3.05) is 0 Å². The second-order valence-corrected chi connectivity index (χ2v) is 2.80. The van der Waals surface area contributed by atoms with Gasteiger partial charge in [0.15, 0.2) is 0 Å². The molecular weight excluding hydrogens is 255 g/mol. The molecule has 0 nitrogen and oxygen atoms in total. The molecule has 0 unspecified atom stereocenters. The van der Waals surface area contributed by atoms with E-state index < -0.39 is 30.0 Å². The van der Waals surface area contributed by atoms with Crippen molar-refractivity contribution in [1.82, 2.24) is 0 Å². The van der Waals surface area contributed by atoms with Crippen LogP contribution in [0.25, 0.3) is 0 Å². The van der Waals surface area contributed by atoms with Gasteiger partial charge in [-0.05, 0) is 6.92 Å². The predicted molar refractivity (Wildman–Crippen MR) is 35.4 cm³/mol. The fourth-order valence-electron chi connectivity index (χ4n) is 1.02. The largest absolute Gasteiger partial charge is 0.415 e. The third-order valence-corrected chi connectivity index (χ3v) is 1.76. The SMILES string of the molecule is C/C=C/C(C(F)(F)F)(C(F)(F)F)C(F)(F)F. The first kappa shape index (κ1) is 15.1. The number of alkyl halides is 9. The highest BCUT2D eigenvalue weighted by Crippen LogP contribution is 2.60. The second-order valence-electron chi connectivity index (χ2n) is 2.80. The molecule has 0 fully saturated rings. The first-order valence-electron chi connectivity index (χ1n) is 3.65. The van der Waals surface area contributed by atoms with E-state index in [2.05, 4.69) is 0 Å². The molecule has 0 aromatic carbocycles. The van der Waals surface area contributed by atoms with Crippen molar-refractivity contribution in [2.24, 2.45) is 5.41 Å². The van der Waals surface area contributed by atoms with Crippen molar-refractivity contribution in [3.63, 3.8) is 0 Å². The van der Waals surface area contributed by atoms with Crippen LogP contribution in [0.3, 0.4) is 0 Å². The first-order valence-corrected chi connectivity index (χ1v) is 3.65. The number of halogens is 9. The van der Waals surface area contributed by atoms with Crippen LogP contribution >= 0.6 is 0 Å². The second kappa shape index (κ2) is 3.85. The van der Waals surface area contributed by atoms with E-state index in [0.717, 1.165) is 0 Å². The molecule has 0 aliphatic rings. The van der Waals surface area contributed by atoms with Gasteiger partial charge in [0.2, 0.25) is 0 Å². The maximum Gasteiger partial charge on any atom is 0.415 e. The fourth-order valence-corrected chi connectivity index (χ4v) is 1.02. The Kier molecular flexibility index (Phi) is 3.63. The molecule has 0 atom stereocenters. The summed E-state index contributed by atoms with van der Waals surface area (Å²) in [5.74, 6) is 0. The summed E-state index contributed by atoms with van der Waals surface area (Å²) in [6, 6.07) is 0. The van der Waals surface area contributed by atoms with Crippen molar-refractivity contribution in [1.29, 1.82) is 0 Å². The molecule has 0 spiro atoms. The van der Waals surface area contributed by atoms with Crippen molar-refractivity contribution < 1.29 is 39.5 Å². The van der Waals surface area contributed by atoms with Crippen LogP contribution in [0, 0.1) is 5.41 Å². The van der Waals surface area contributed by atoms with Crippen LogP contribution in [0.2, 0.25) is 0 Å². The molecule has 0 aliphatic carbocycles. The Morgan fingerprint density at radius 2 is 0.875 bits per heavy atom. The summed E-state index contributed by atoms with van der Waals surface area (Å²) in [7, 11) is 0. The van der Waals surface area contributed by atoms with Crippen molar-refractivity contribution >= 4 is 0 Å². The summed E-state index contributed by atoms with van der Waals surface area (Å²) < 4.78 is 109. The molecule has 9 heteroatoms. The molecule has 0 amide bonds. The van der Waals surface area contributed by atoms with Gasteiger partial charge in [-0.2, -0.15) is 39.5 Å². The van der Waals surface area contributed by atoms with Gasteiger partial charge < -0.3 is 0 Å². The minimum absolute atomic E-state index is 0.0640. The molecule has 0 aromatic rings. The number of hydrogen-bond donors (Lipinski definition) is 0. The van der Waals surface area contributed by atoms with Gasteiger partial charge in [0.1, 0.15) is 0 Å².